The molecule has 0 saturated carbocycles. The zero-order valence-electron chi connectivity index (χ0n) is 28.2. The predicted molar refractivity (Wildman–Crippen MR) is 182 cm³/mol. The fourth-order valence-corrected chi connectivity index (χ4v) is 3.04. The minimum Gasteiger partial charge on any atom is -0.330 e. The van der Waals surface area contributed by atoms with Crippen LogP contribution in [0.25, 0.3) is 5.65 Å². The Hall–Kier alpha value is -3.52. The minimum atomic E-state index is -0.280. The molecule has 3 aromatic rings. The smallest absolute Gasteiger partial charge is 0.255 e. The van der Waals surface area contributed by atoms with Gasteiger partial charge >= 0.3 is 0 Å². The van der Waals surface area contributed by atoms with E-state index >= 15 is 0 Å². The van der Waals surface area contributed by atoms with E-state index in [0.717, 1.165) is 24.8 Å². The second-order valence-corrected chi connectivity index (χ2v) is 9.62. The Morgan fingerprint density at radius 1 is 0.857 bits per heavy atom. The van der Waals surface area contributed by atoms with Crippen molar-refractivity contribution in [1.29, 1.82) is 0 Å². The lowest BCUT2D eigenvalue weighted by atomic mass is 10.1. The van der Waals surface area contributed by atoms with Gasteiger partial charge in [0.2, 0.25) is 6.41 Å². The molecule has 0 radical (unpaired) electrons. The summed E-state index contributed by atoms with van der Waals surface area (Å²) in [5.41, 5.74) is 7.82. The van der Waals surface area contributed by atoms with Crippen LogP contribution in [0.1, 0.15) is 123 Å². The van der Waals surface area contributed by atoms with Gasteiger partial charge in [-0.2, -0.15) is 0 Å². The number of carbonyl (C=O) groups is 3. The number of carbonyl (C=O) groups excluding carboxylic acids is 3. The van der Waals surface area contributed by atoms with E-state index in [9.17, 15) is 14.4 Å². The number of nitrogens with two attached hydrogens (primary N) is 1. The van der Waals surface area contributed by atoms with Gasteiger partial charge < -0.3 is 20.8 Å². The molecule has 2 heterocycles. The topological polar surface area (TPSA) is 119 Å². The first-order valence-corrected chi connectivity index (χ1v) is 15.4. The standard InChI is InChI=1S/C16H12N4O3.C6H14.C5H13N.C3H8.2C2H6/c21-9-14-8-20-7-13(5-6-15(20)18-14)19-16(23)11-1-3-12(4-2-11)17-10-22;1-4-5-6(2)3;1-5(2)3-4-6;1-3-2;2*1-2/h1-10H,(H,17,22)(H,19,23);6H,4-5H2,1-3H3;5H,3-4,6H2,1-2H3;3H2,1-2H3;2*1-2H3. The Balaban J connectivity index is -0.000000661. The number of amides is 2. The summed E-state index contributed by atoms with van der Waals surface area (Å²) in [4.78, 5) is 37.4. The van der Waals surface area contributed by atoms with Crippen molar-refractivity contribution >= 4 is 35.6 Å². The SMILES string of the molecule is CC.CC.CC(C)CCN.CCC.CCCC(C)C.O=CNc1ccc(C(=O)Nc2ccc3nc(C=O)cn3c2)cc1. The molecule has 0 unspecified atom stereocenters. The van der Waals surface area contributed by atoms with E-state index in [0.29, 0.717) is 41.0 Å². The van der Waals surface area contributed by atoms with Crippen molar-refractivity contribution in [3.8, 4) is 0 Å². The van der Waals surface area contributed by atoms with Crippen LogP contribution < -0.4 is 16.4 Å². The number of hydrogen-bond donors (Lipinski definition) is 3. The molecule has 2 amide bonds. The van der Waals surface area contributed by atoms with E-state index in [1.54, 1.807) is 53.2 Å². The first kappa shape index (κ1) is 42.9. The van der Waals surface area contributed by atoms with Crippen LogP contribution >= 0.6 is 0 Å². The molecule has 0 aliphatic carbocycles. The van der Waals surface area contributed by atoms with Crippen molar-refractivity contribution in [3.63, 3.8) is 0 Å². The summed E-state index contributed by atoms with van der Waals surface area (Å²) in [6, 6.07) is 9.91. The van der Waals surface area contributed by atoms with Gasteiger partial charge in [0.05, 0.1) is 5.69 Å². The second kappa shape index (κ2) is 29.0. The lowest BCUT2D eigenvalue weighted by Gasteiger charge is -2.06. The summed E-state index contributed by atoms with van der Waals surface area (Å²) in [5.74, 6) is 1.39. The highest BCUT2D eigenvalue weighted by atomic mass is 16.1. The van der Waals surface area contributed by atoms with Crippen LogP contribution in [-0.2, 0) is 4.79 Å². The molecule has 1 aromatic carbocycles. The van der Waals surface area contributed by atoms with Crippen LogP contribution in [-0.4, -0.2) is 34.5 Å². The molecule has 3 rings (SSSR count). The van der Waals surface area contributed by atoms with E-state index in [2.05, 4.69) is 64.1 Å². The molecule has 0 bridgehead atoms. The summed E-state index contributed by atoms with van der Waals surface area (Å²) < 4.78 is 1.66. The molecule has 0 fully saturated rings. The summed E-state index contributed by atoms with van der Waals surface area (Å²) in [7, 11) is 0. The van der Waals surface area contributed by atoms with Crippen molar-refractivity contribution in [1.82, 2.24) is 9.38 Å². The molecule has 0 atom stereocenters. The lowest BCUT2D eigenvalue weighted by molar-refractivity contribution is -0.105. The Bertz CT molecular complexity index is 1050. The normalized spacial score (nSPS) is 9.19. The van der Waals surface area contributed by atoms with Crippen LogP contribution in [0, 0.1) is 11.8 Å². The highest BCUT2D eigenvalue weighted by Gasteiger charge is 2.07. The van der Waals surface area contributed by atoms with Crippen LogP contribution in [0.2, 0.25) is 0 Å². The zero-order valence-corrected chi connectivity index (χ0v) is 28.2. The Kier molecular flexibility index (Phi) is 29.6. The van der Waals surface area contributed by atoms with Gasteiger partial charge in [-0.1, -0.05) is 95.4 Å². The largest absolute Gasteiger partial charge is 0.330 e. The van der Waals surface area contributed by atoms with Crippen molar-refractivity contribution < 1.29 is 14.4 Å². The van der Waals surface area contributed by atoms with Gasteiger partial charge in [-0.3, -0.25) is 14.4 Å². The average molecular weight is 586 g/mol. The highest BCUT2D eigenvalue weighted by Crippen LogP contribution is 2.14. The number of anilines is 2. The Morgan fingerprint density at radius 2 is 1.38 bits per heavy atom. The number of hydrogen-bond acceptors (Lipinski definition) is 5. The van der Waals surface area contributed by atoms with Crippen LogP contribution in [0.5, 0.6) is 0 Å². The number of aldehydes is 1. The highest BCUT2D eigenvalue weighted by molar-refractivity contribution is 6.04. The molecular weight excluding hydrogens is 526 g/mol. The summed E-state index contributed by atoms with van der Waals surface area (Å²) in [6.45, 7) is 24.2. The number of nitrogens with zero attached hydrogens (tertiary/aromatic N) is 2. The molecule has 0 saturated heterocycles. The first-order chi connectivity index (χ1) is 20.1. The molecular formula is C34H59N5O3. The molecule has 42 heavy (non-hydrogen) atoms. The van der Waals surface area contributed by atoms with Crippen LogP contribution in [0.3, 0.4) is 0 Å². The van der Waals surface area contributed by atoms with Crippen molar-refractivity contribution in [2.75, 3.05) is 17.2 Å². The van der Waals surface area contributed by atoms with Crippen molar-refractivity contribution in [2.45, 2.75) is 102 Å². The minimum absolute atomic E-state index is 0.280. The van der Waals surface area contributed by atoms with Crippen molar-refractivity contribution in [3.05, 3.63) is 60.0 Å². The van der Waals surface area contributed by atoms with Gasteiger partial charge in [0, 0.05) is 23.6 Å². The average Bonchev–Trinajstić information content (AvgIpc) is 3.39. The van der Waals surface area contributed by atoms with E-state index in [1.165, 1.54) is 19.3 Å². The fraction of sp³-hybridized carbons (Fsp3) is 0.529. The van der Waals surface area contributed by atoms with Gasteiger partial charge in [0.1, 0.15) is 11.3 Å². The van der Waals surface area contributed by atoms with Gasteiger partial charge in [-0.15, -0.1) is 0 Å². The zero-order chi connectivity index (χ0) is 32.9. The fourth-order valence-electron chi connectivity index (χ4n) is 3.04. The van der Waals surface area contributed by atoms with Gasteiger partial charge in [0.15, 0.2) is 6.29 Å². The predicted octanol–water partition coefficient (Wildman–Crippen LogP) is 8.87. The van der Waals surface area contributed by atoms with Crippen LogP contribution in [0.15, 0.2) is 48.8 Å². The monoisotopic (exact) mass is 585 g/mol. The molecule has 0 aliphatic rings. The third-order valence-electron chi connectivity index (χ3n) is 4.83. The summed E-state index contributed by atoms with van der Waals surface area (Å²) in [5, 5.41) is 5.26. The molecule has 0 spiro atoms. The molecule has 8 heteroatoms. The Morgan fingerprint density at radius 3 is 1.76 bits per heavy atom. The number of fused-ring (bicyclic) bond motifs is 1. The third kappa shape index (κ3) is 21.3. The maximum Gasteiger partial charge on any atom is 0.255 e. The number of aromatic nitrogens is 2. The molecule has 2 aromatic heterocycles. The number of rotatable bonds is 9. The summed E-state index contributed by atoms with van der Waals surface area (Å²) >= 11 is 0. The molecule has 0 aliphatic heterocycles. The number of pyridine rings is 1. The maximum atomic E-state index is 12.2. The molecule has 4 N–H and O–H groups in total. The number of benzene rings is 1. The maximum absolute atomic E-state index is 12.2. The number of imidazole rings is 1. The number of nitrogens with one attached hydrogen (secondary N) is 2. The second-order valence-electron chi connectivity index (χ2n) is 9.62. The van der Waals surface area contributed by atoms with Gasteiger partial charge in [-0.05, 0) is 61.2 Å². The van der Waals surface area contributed by atoms with Gasteiger partial charge in [0.25, 0.3) is 5.91 Å². The van der Waals surface area contributed by atoms with E-state index in [4.69, 9.17) is 5.73 Å². The van der Waals surface area contributed by atoms with E-state index in [1.807, 2.05) is 27.7 Å². The van der Waals surface area contributed by atoms with Gasteiger partial charge in [-0.25, -0.2) is 4.98 Å². The molecule has 8 nitrogen and oxygen atoms in total. The Labute approximate surface area is 255 Å². The first-order valence-electron chi connectivity index (χ1n) is 15.4. The quantitative estimate of drug-likeness (QED) is 0.217. The van der Waals surface area contributed by atoms with Crippen LogP contribution in [0.4, 0.5) is 11.4 Å². The summed E-state index contributed by atoms with van der Waals surface area (Å²) in [6.07, 6.45) is 9.61. The lowest BCUT2D eigenvalue weighted by Crippen LogP contribution is -2.12. The van der Waals surface area contributed by atoms with E-state index in [-0.39, 0.29) is 5.91 Å². The van der Waals surface area contributed by atoms with E-state index < -0.39 is 0 Å². The third-order valence-corrected chi connectivity index (χ3v) is 4.83. The molecule has 238 valence electrons. The van der Waals surface area contributed by atoms with Crippen molar-refractivity contribution in [2.24, 2.45) is 17.6 Å².